The molecule has 1 aliphatic rings. The number of benzene rings is 2. The molecule has 0 bridgehead atoms. The van der Waals surface area contributed by atoms with Crippen molar-refractivity contribution in [2.45, 2.75) is 0 Å². The number of carbonyl (C=O) groups is 2. The van der Waals surface area contributed by atoms with Crippen LogP contribution in [-0.4, -0.2) is 39.6 Å². The van der Waals surface area contributed by atoms with Crippen LogP contribution in [0.25, 0.3) is 0 Å². The number of rotatable bonds is 5. The van der Waals surface area contributed by atoms with Crippen molar-refractivity contribution in [3.8, 4) is 0 Å². The molecule has 7 nitrogen and oxygen atoms in total. The first-order chi connectivity index (χ1) is 12.8. The number of carbonyl (C=O) groups excluding carboxylic acids is 2. The Labute approximate surface area is 158 Å². The van der Waals surface area contributed by atoms with Crippen LogP contribution in [0.5, 0.6) is 0 Å². The predicted molar refractivity (Wildman–Crippen MR) is 106 cm³/mol. The zero-order chi connectivity index (χ0) is 19.6. The number of nitrogens with one attached hydrogen (secondary N) is 1. The van der Waals surface area contributed by atoms with Gasteiger partial charge in [0.15, 0.2) is 0 Å². The summed E-state index contributed by atoms with van der Waals surface area (Å²) in [6, 6.07) is 13.3. The summed E-state index contributed by atoms with van der Waals surface area (Å²) in [5, 5.41) is 2.74. The van der Waals surface area contributed by atoms with Crippen LogP contribution in [0.1, 0.15) is 10.4 Å². The van der Waals surface area contributed by atoms with Gasteiger partial charge in [-0.2, -0.15) is 0 Å². The molecule has 0 fully saturated rings. The van der Waals surface area contributed by atoms with E-state index in [0.717, 1.165) is 6.26 Å². The smallest absolute Gasteiger partial charge is 0.258 e. The van der Waals surface area contributed by atoms with E-state index in [1.54, 1.807) is 48.5 Å². The molecule has 0 saturated carbocycles. The van der Waals surface area contributed by atoms with Gasteiger partial charge in [-0.15, -0.1) is 6.58 Å². The summed E-state index contributed by atoms with van der Waals surface area (Å²) in [4.78, 5) is 26.2. The molecule has 1 heterocycles. The molecular formula is C19H19N3O4S. The van der Waals surface area contributed by atoms with Crippen molar-refractivity contribution in [1.82, 2.24) is 0 Å². The van der Waals surface area contributed by atoms with Crippen molar-refractivity contribution in [1.29, 1.82) is 0 Å². The van der Waals surface area contributed by atoms with Gasteiger partial charge in [0, 0.05) is 5.56 Å². The van der Waals surface area contributed by atoms with E-state index in [1.165, 1.54) is 15.3 Å². The number of amides is 2. The minimum absolute atomic E-state index is 0.0798. The number of sulfonamides is 1. The fourth-order valence-electron chi connectivity index (χ4n) is 2.89. The third-order valence-corrected chi connectivity index (χ3v) is 5.27. The topological polar surface area (TPSA) is 86.8 Å². The van der Waals surface area contributed by atoms with Crippen molar-refractivity contribution in [2.24, 2.45) is 0 Å². The first kappa shape index (κ1) is 18.7. The second kappa shape index (κ2) is 7.24. The van der Waals surface area contributed by atoms with Crippen LogP contribution >= 0.6 is 0 Å². The van der Waals surface area contributed by atoms with Crippen molar-refractivity contribution < 1.29 is 18.0 Å². The molecule has 0 aliphatic carbocycles. The Morgan fingerprint density at radius 2 is 1.89 bits per heavy atom. The molecule has 2 aromatic rings. The molecule has 8 heteroatoms. The quantitative estimate of drug-likeness (QED) is 0.800. The maximum Gasteiger partial charge on any atom is 0.258 e. The highest BCUT2D eigenvalue weighted by Gasteiger charge is 2.27. The number of anilines is 3. The Bertz CT molecular complexity index is 1000. The Balaban J connectivity index is 1.91. The van der Waals surface area contributed by atoms with Crippen LogP contribution in [-0.2, 0) is 14.8 Å². The van der Waals surface area contributed by atoms with Crippen LogP contribution in [0.15, 0.2) is 61.2 Å². The molecule has 2 aromatic carbocycles. The standard InChI is InChI=1S/C19H19N3O4S/c1-3-12-22(27(2,25)26)15-10-8-14(9-11-15)19(24)21-13-18(23)20-16-6-4-5-7-17(16)21/h3-11H,1,12-13H2,2H3,(H,20,23). The van der Waals surface area contributed by atoms with Crippen LogP contribution < -0.4 is 14.5 Å². The van der Waals surface area contributed by atoms with E-state index in [2.05, 4.69) is 11.9 Å². The first-order valence-electron chi connectivity index (χ1n) is 8.20. The monoisotopic (exact) mass is 385 g/mol. The number of hydrogen-bond acceptors (Lipinski definition) is 4. The highest BCUT2D eigenvalue weighted by Crippen LogP contribution is 2.30. The molecule has 1 N–H and O–H groups in total. The Kier molecular flexibility index (Phi) is 5.00. The minimum atomic E-state index is -3.47. The fourth-order valence-corrected chi connectivity index (χ4v) is 3.77. The lowest BCUT2D eigenvalue weighted by atomic mass is 10.1. The molecule has 0 radical (unpaired) electrons. The predicted octanol–water partition coefficient (Wildman–Crippen LogP) is 2.24. The lowest BCUT2D eigenvalue weighted by Crippen LogP contribution is -2.42. The second-order valence-corrected chi connectivity index (χ2v) is 7.99. The third-order valence-electron chi connectivity index (χ3n) is 4.11. The molecule has 0 atom stereocenters. The van der Waals surface area contributed by atoms with Crippen LogP contribution in [0.2, 0.25) is 0 Å². The van der Waals surface area contributed by atoms with Crippen molar-refractivity contribution in [3.63, 3.8) is 0 Å². The number of fused-ring (bicyclic) bond motifs is 1. The van der Waals surface area contributed by atoms with Gasteiger partial charge in [0.2, 0.25) is 15.9 Å². The van der Waals surface area contributed by atoms with Gasteiger partial charge in [-0.3, -0.25) is 18.8 Å². The molecule has 140 valence electrons. The van der Waals surface area contributed by atoms with E-state index in [0.29, 0.717) is 22.6 Å². The summed E-state index contributed by atoms with van der Waals surface area (Å²) < 4.78 is 25.0. The van der Waals surface area contributed by atoms with E-state index in [4.69, 9.17) is 0 Å². The molecule has 0 saturated heterocycles. The highest BCUT2D eigenvalue weighted by molar-refractivity contribution is 7.92. The lowest BCUT2D eigenvalue weighted by Gasteiger charge is -2.29. The van der Waals surface area contributed by atoms with E-state index in [9.17, 15) is 18.0 Å². The zero-order valence-electron chi connectivity index (χ0n) is 14.8. The molecule has 0 aromatic heterocycles. The fraction of sp³-hybridized carbons (Fsp3) is 0.158. The van der Waals surface area contributed by atoms with Gasteiger partial charge in [-0.25, -0.2) is 8.42 Å². The van der Waals surface area contributed by atoms with Crippen LogP contribution in [0.4, 0.5) is 17.1 Å². The second-order valence-electron chi connectivity index (χ2n) is 6.09. The Morgan fingerprint density at radius 3 is 2.52 bits per heavy atom. The molecule has 27 heavy (non-hydrogen) atoms. The highest BCUT2D eigenvalue weighted by atomic mass is 32.2. The third kappa shape index (κ3) is 3.85. The molecule has 1 aliphatic heterocycles. The minimum Gasteiger partial charge on any atom is -0.323 e. The molecule has 3 rings (SSSR count). The first-order valence-corrected chi connectivity index (χ1v) is 10.1. The average Bonchev–Trinajstić information content (AvgIpc) is 2.64. The summed E-state index contributed by atoms with van der Waals surface area (Å²) in [7, 11) is -3.47. The van der Waals surface area contributed by atoms with E-state index < -0.39 is 10.0 Å². The van der Waals surface area contributed by atoms with Gasteiger partial charge in [-0.1, -0.05) is 18.2 Å². The SMILES string of the molecule is C=CCN(c1ccc(C(=O)N2CC(=O)Nc3ccccc32)cc1)S(C)(=O)=O. The van der Waals surface area contributed by atoms with Gasteiger partial charge in [0.1, 0.15) is 6.54 Å². The Hall–Kier alpha value is -3.13. The number of nitrogens with zero attached hydrogens (tertiary/aromatic N) is 2. The molecule has 2 amide bonds. The normalized spacial score (nSPS) is 13.5. The van der Waals surface area contributed by atoms with Crippen LogP contribution in [0, 0.1) is 0 Å². The van der Waals surface area contributed by atoms with Gasteiger partial charge >= 0.3 is 0 Å². The Morgan fingerprint density at radius 1 is 1.22 bits per heavy atom. The van der Waals surface area contributed by atoms with Crippen molar-refractivity contribution in [2.75, 3.05) is 33.9 Å². The van der Waals surface area contributed by atoms with Crippen LogP contribution in [0.3, 0.4) is 0 Å². The molecule has 0 spiro atoms. The van der Waals surface area contributed by atoms with Gasteiger partial charge < -0.3 is 5.32 Å². The average molecular weight is 385 g/mol. The maximum atomic E-state index is 12.9. The summed E-state index contributed by atoms with van der Waals surface area (Å²) in [5.74, 6) is -0.605. The van der Waals surface area contributed by atoms with Gasteiger partial charge in [-0.05, 0) is 36.4 Å². The summed E-state index contributed by atoms with van der Waals surface area (Å²) in [6.07, 6.45) is 2.60. The summed E-state index contributed by atoms with van der Waals surface area (Å²) in [5.41, 5.74) is 1.99. The zero-order valence-corrected chi connectivity index (χ0v) is 15.6. The van der Waals surface area contributed by atoms with E-state index >= 15 is 0 Å². The number of hydrogen-bond donors (Lipinski definition) is 1. The summed E-state index contributed by atoms with van der Waals surface area (Å²) in [6.45, 7) is 3.62. The van der Waals surface area contributed by atoms with Crippen molar-refractivity contribution in [3.05, 3.63) is 66.7 Å². The van der Waals surface area contributed by atoms with Gasteiger partial charge in [0.05, 0.1) is 29.9 Å². The number of para-hydroxylation sites is 2. The lowest BCUT2D eigenvalue weighted by molar-refractivity contribution is -0.115. The largest absolute Gasteiger partial charge is 0.323 e. The molecular weight excluding hydrogens is 366 g/mol. The maximum absolute atomic E-state index is 12.9. The van der Waals surface area contributed by atoms with Gasteiger partial charge in [0.25, 0.3) is 5.91 Å². The van der Waals surface area contributed by atoms with E-state index in [1.807, 2.05) is 0 Å². The van der Waals surface area contributed by atoms with Crippen molar-refractivity contribution >= 4 is 38.9 Å². The van der Waals surface area contributed by atoms with E-state index in [-0.39, 0.29) is 24.9 Å². The molecule has 0 unspecified atom stereocenters. The summed E-state index contributed by atoms with van der Waals surface area (Å²) >= 11 is 0.